The van der Waals surface area contributed by atoms with Crippen LogP contribution < -0.4 is 10.2 Å². The maximum atomic E-state index is 13.5. The summed E-state index contributed by atoms with van der Waals surface area (Å²) in [5.74, 6) is 0.344. The summed E-state index contributed by atoms with van der Waals surface area (Å²) >= 11 is 0. The first-order valence-corrected chi connectivity index (χ1v) is 11.5. The number of hydrogen-bond acceptors (Lipinski definition) is 5. The Labute approximate surface area is 187 Å². The van der Waals surface area contributed by atoms with Crippen molar-refractivity contribution in [1.29, 1.82) is 0 Å². The van der Waals surface area contributed by atoms with E-state index in [0.717, 1.165) is 31.7 Å². The molecule has 3 heterocycles. The number of fused-ring (bicyclic) bond motifs is 1. The largest absolute Gasteiger partial charge is 0.393 e. The predicted octanol–water partition coefficient (Wildman–Crippen LogP) is 3.35. The van der Waals surface area contributed by atoms with Crippen LogP contribution in [-0.4, -0.2) is 65.3 Å². The van der Waals surface area contributed by atoms with Crippen LogP contribution in [0.15, 0.2) is 30.5 Å². The number of halogens is 2. The van der Waals surface area contributed by atoms with Gasteiger partial charge in [0.2, 0.25) is 5.91 Å². The molecule has 4 rings (SSSR count). The molecular weight excluding hydrogens is 414 g/mol. The van der Waals surface area contributed by atoms with Crippen molar-refractivity contribution in [2.75, 3.05) is 31.1 Å². The van der Waals surface area contributed by atoms with Crippen molar-refractivity contribution in [2.24, 2.45) is 5.92 Å². The van der Waals surface area contributed by atoms with Crippen molar-refractivity contribution in [3.05, 3.63) is 36.0 Å². The molecular formula is C24H32F2N4O2. The van der Waals surface area contributed by atoms with E-state index in [-0.39, 0.29) is 29.7 Å². The molecule has 0 bridgehead atoms. The SMILES string of the molecule is CC1CC(NC(=O)C(C)N2CCC(O)CC2)CN(c2ccc(C(F)F)c3ncccc23)C1. The van der Waals surface area contributed by atoms with Crippen molar-refractivity contribution in [1.82, 2.24) is 15.2 Å². The Kier molecular flexibility index (Phi) is 6.90. The second kappa shape index (κ2) is 9.67. The fourth-order valence-electron chi connectivity index (χ4n) is 5.04. The molecule has 2 fully saturated rings. The molecule has 0 spiro atoms. The summed E-state index contributed by atoms with van der Waals surface area (Å²) in [7, 11) is 0. The van der Waals surface area contributed by atoms with Gasteiger partial charge in [0, 0.05) is 55.1 Å². The van der Waals surface area contributed by atoms with Crippen LogP contribution >= 0.6 is 0 Å². The number of aromatic nitrogens is 1. The zero-order chi connectivity index (χ0) is 22.8. The zero-order valence-electron chi connectivity index (χ0n) is 18.7. The molecule has 2 aliphatic rings. The van der Waals surface area contributed by atoms with Gasteiger partial charge in [-0.1, -0.05) is 6.92 Å². The van der Waals surface area contributed by atoms with Crippen LogP contribution in [0.1, 0.15) is 45.1 Å². The van der Waals surface area contributed by atoms with Crippen LogP contribution in [0.25, 0.3) is 10.9 Å². The van der Waals surface area contributed by atoms with Crippen molar-refractivity contribution >= 4 is 22.5 Å². The molecule has 2 N–H and O–H groups in total. The molecule has 6 nitrogen and oxygen atoms in total. The van der Waals surface area contributed by atoms with Gasteiger partial charge in [0.05, 0.1) is 17.7 Å². The van der Waals surface area contributed by atoms with Crippen LogP contribution in [0.5, 0.6) is 0 Å². The summed E-state index contributed by atoms with van der Waals surface area (Å²) in [5, 5.41) is 13.6. The molecule has 32 heavy (non-hydrogen) atoms. The van der Waals surface area contributed by atoms with Crippen LogP contribution in [0, 0.1) is 5.92 Å². The Hall–Kier alpha value is -2.32. The number of anilines is 1. The quantitative estimate of drug-likeness (QED) is 0.737. The van der Waals surface area contributed by atoms with E-state index >= 15 is 0 Å². The molecule has 0 radical (unpaired) electrons. The molecule has 0 aliphatic carbocycles. The van der Waals surface area contributed by atoms with E-state index in [2.05, 4.69) is 27.0 Å². The number of pyridine rings is 1. The highest BCUT2D eigenvalue weighted by atomic mass is 19.3. The third-order valence-electron chi connectivity index (χ3n) is 6.79. The number of aliphatic hydroxyl groups is 1. The number of rotatable bonds is 5. The summed E-state index contributed by atoms with van der Waals surface area (Å²) in [6.07, 6.45) is 0.962. The molecule has 1 aromatic heterocycles. The minimum atomic E-state index is -2.58. The lowest BCUT2D eigenvalue weighted by Gasteiger charge is -2.40. The number of aliphatic hydroxyl groups excluding tert-OH is 1. The molecule has 2 aliphatic heterocycles. The number of nitrogens with one attached hydrogen (secondary N) is 1. The Morgan fingerprint density at radius 3 is 2.69 bits per heavy atom. The van der Waals surface area contributed by atoms with E-state index in [1.54, 1.807) is 18.3 Å². The number of likely N-dealkylation sites (tertiary alicyclic amines) is 1. The summed E-state index contributed by atoms with van der Waals surface area (Å²) in [5.41, 5.74) is 1.15. The zero-order valence-corrected chi connectivity index (χ0v) is 18.7. The minimum absolute atomic E-state index is 0.0000118. The van der Waals surface area contributed by atoms with Gasteiger partial charge in [-0.05, 0) is 56.4 Å². The lowest BCUT2D eigenvalue weighted by atomic mass is 9.94. The smallest absolute Gasteiger partial charge is 0.265 e. The number of nitrogens with zero attached hydrogens (tertiary/aromatic N) is 3. The van der Waals surface area contributed by atoms with Gasteiger partial charge in [-0.3, -0.25) is 14.7 Å². The van der Waals surface area contributed by atoms with Crippen molar-refractivity contribution in [3.8, 4) is 0 Å². The van der Waals surface area contributed by atoms with E-state index in [1.165, 1.54) is 6.07 Å². The van der Waals surface area contributed by atoms with Crippen molar-refractivity contribution < 1.29 is 18.7 Å². The maximum absolute atomic E-state index is 13.5. The average Bonchev–Trinajstić information content (AvgIpc) is 2.77. The van der Waals surface area contributed by atoms with E-state index in [9.17, 15) is 18.7 Å². The van der Waals surface area contributed by atoms with Crippen molar-refractivity contribution in [3.63, 3.8) is 0 Å². The number of hydrogen-bond donors (Lipinski definition) is 2. The third-order valence-corrected chi connectivity index (χ3v) is 6.79. The number of piperidine rings is 2. The van der Waals surface area contributed by atoms with Gasteiger partial charge in [0.1, 0.15) is 0 Å². The third kappa shape index (κ3) is 4.86. The first kappa shape index (κ1) is 22.9. The van der Waals surface area contributed by atoms with Crippen LogP contribution in [0.3, 0.4) is 0 Å². The maximum Gasteiger partial charge on any atom is 0.265 e. The molecule has 3 atom stereocenters. The molecule has 2 saturated heterocycles. The highest BCUT2D eigenvalue weighted by Gasteiger charge is 2.31. The number of carbonyl (C=O) groups excluding carboxylic acids is 1. The van der Waals surface area contributed by atoms with Crippen molar-refractivity contribution in [2.45, 2.75) is 57.7 Å². The van der Waals surface area contributed by atoms with E-state index in [0.29, 0.717) is 36.2 Å². The first-order chi connectivity index (χ1) is 15.3. The van der Waals surface area contributed by atoms with Gasteiger partial charge in [-0.15, -0.1) is 0 Å². The first-order valence-electron chi connectivity index (χ1n) is 11.5. The van der Waals surface area contributed by atoms with Crippen LogP contribution in [-0.2, 0) is 4.79 Å². The number of benzene rings is 1. The van der Waals surface area contributed by atoms with Crippen LogP contribution in [0.2, 0.25) is 0 Å². The average molecular weight is 447 g/mol. The number of alkyl halides is 2. The topological polar surface area (TPSA) is 68.7 Å². The van der Waals surface area contributed by atoms with Gasteiger partial charge in [-0.25, -0.2) is 8.78 Å². The Bertz CT molecular complexity index is 949. The molecule has 8 heteroatoms. The minimum Gasteiger partial charge on any atom is -0.393 e. The molecule has 2 aromatic rings. The lowest BCUT2D eigenvalue weighted by Crippen LogP contribution is -2.55. The summed E-state index contributed by atoms with van der Waals surface area (Å²) in [4.78, 5) is 21.5. The summed E-state index contributed by atoms with van der Waals surface area (Å²) in [6.45, 7) is 6.92. The molecule has 1 aromatic carbocycles. The monoisotopic (exact) mass is 446 g/mol. The molecule has 1 amide bonds. The van der Waals surface area contributed by atoms with Gasteiger partial charge in [-0.2, -0.15) is 0 Å². The van der Waals surface area contributed by atoms with Gasteiger partial charge < -0.3 is 15.3 Å². The number of amides is 1. The molecule has 0 saturated carbocycles. The molecule has 3 unspecified atom stereocenters. The van der Waals surface area contributed by atoms with Gasteiger partial charge in [0.15, 0.2) is 0 Å². The van der Waals surface area contributed by atoms with Gasteiger partial charge in [0.25, 0.3) is 6.43 Å². The number of carbonyl (C=O) groups is 1. The lowest BCUT2D eigenvalue weighted by molar-refractivity contribution is -0.127. The standard InChI is InChI=1S/C24H32F2N4O2/c1-15-12-17(28-24(32)16(2)29-10-7-18(31)8-11-29)14-30(13-15)21-6-5-20(23(25)26)22-19(21)4-3-9-27-22/h3-6,9,15-18,23,31H,7-8,10-14H2,1-2H3,(H,28,32). The Morgan fingerprint density at radius 1 is 1.22 bits per heavy atom. The fourth-order valence-corrected chi connectivity index (χ4v) is 5.04. The fraction of sp³-hybridized carbons (Fsp3) is 0.583. The van der Waals surface area contributed by atoms with Gasteiger partial charge >= 0.3 is 0 Å². The van der Waals surface area contributed by atoms with E-state index in [4.69, 9.17) is 0 Å². The second-order valence-corrected chi connectivity index (χ2v) is 9.27. The highest BCUT2D eigenvalue weighted by molar-refractivity contribution is 5.94. The van der Waals surface area contributed by atoms with E-state index < -0.39 is 6.43 Å². The predicted molar refractivity (Wildman–Crippen MR) is 121 cm³/mol. The summed E-state index contributed by atoms with van der Waals surface area (Å²) < 4.78 is 26.9. The Morgan fingerprint density at radius 2 is 1.97 bits per heavy atom. The normalized spacial score (nSPS) is 24.1. The highest BCUT2D eigenvalue weighted by Crippen LogP contribution is 2.34. The summed E-state index contributed by atoms with van der Waals surface area (Å²) in [6, 6.07) is 6.56. The van der Waals surface area contributed by atoms with E-state index in [1.807, 2.05) is 13.0 Å². The van der Waals surface area contributed by atoms with Crippen LogP contribution in [0.4, 0.5) is 14.5 Å². The second-order valence-electron chi connectivity index (χ2n) is 9.27. The Balaban J connectivity index is 1.49. The molecule has 174 valence electrons.